The van der Waals surface area contributed by atoms with Crippen LogP contribution in [0.25, 0.3) is 0 Å². The third kappa shape index (κ3) is 4.08. The molecule has 0 fully saturated rings. The van der Waals surface area contributed by atoms with E-state index in [1.807, 2.05) is 6.07 Å². The van der Waals surface area contributed by atoms with Crippen molar-refractivity contribution in [3.63, 3.8) is 0 Å². The maximum atomic E-state index is 11.9. The maximum absolute atomic E-state index is 11.9. The lowest BCUT2D eigenvalue weighted by atomic mass is 10.2. The lowest BCUT2D eigenvalue weighted by molar-refractivity contribution is -0.115. The molecule has 2 amide bonds. The van der Waals surface area contributed by atoms with E-state index >= 15 is 0 Å². The number of anilines is 1. The van der Waals surface area contributed by atoms with Crippen LogP contribution in [-0.4, -0.2) is 18.4 Å². The van der Waals surface area contributed by atoms with Crippen LogP contribution in [0.5, 0.6) is 0 Å². The molecule has 110 valence electrons. The zero-order valence-electron chi connectivity index (χ0n) is 11.5. The predicted octanol–water partition coefficient (Wildman–Crippen LogP) is 2.58. The highest BCUT2D eigenvalue weighted by Gasteiger charge is 2.10. The van der Waals surface area contributed by atoms with E-state index in [0.29, 0.717) is 21.8 Å². The quantitative estimate of drug-likeness (QED) is 0.910. The summed E-state index contributed by atoms with van der Waals surface area (Å²) < 4.78 is 0. The molecule has 0 bridgehead atoms. The number of nitrogens with zero attached hydrogens (tertiary/aromatic N) is 1. The van der Waals surface area contributed by atoms with Crippen LogP contribution in [0.15, 0.2) is 48.5 Å². The molecule has 0 radical (unpaired) electrons. The number of hydrogen-bond donors (Lipinski definition) is 2. The van der Waals surface area contributed by atoms with Crippen molar-refractivity contribution in [1.82, 2.24) is 5.32 Å². The molecule has 0 saturated carbocycles. The van der Waals surface area contributed by atoms with Gasteiger partial charge in [0.1, 0.15) is 6.07 Å². The minimum atomic E-state index is -0.418. The number of para-hydroxylation sites is 1. The fraction of sp³-hybridized carbons (Fsp3) is 0.0625. The van der Waals surface area contributed by atoms with Crippen molar-refractivity contribution in [1.29, 1.82) is 5.26 Å². The van der Waals surface area contributed by atoms with Crippen molar-refractivity contribution in [2.75, 3.05) is 11.9 Å². The zero-order chi connectivity index (χ0) is 15.9. The molecule has 2 rings (SSSR count). The van der Waals surface area contributed by atoms with Gasteiger partial charge in [-0.2, -0.15) is 5.26 Å². The van der Waals surface area contributed by atoms with E-state index in [1.165, 1.54) is 6.07 Å². The van der Waals surface area contributed by atoms with Gasteiger partial charge >= 0.3 is 0 Å². The molecule has 0 saturated heterocycles. The van der Waals surface area contributed by atoms with Crippen molar-refractivity contribution in [3.05, 3.63) is 64.7 Å². The summed E-state index contributed by atoms with van der Waals surface area (Å²) in [5.74, 6) is -0.815. The molecule has 0 atom stereocenters. The Bertz CT molecular complexity index is 753. The van der Waals surface area contributed by atoms with E-state index in [4.69, 9.17) is 16.9 Å². The Morgan fingerprint density at radius 3 is 2.64 bits per heavy atom. The van der Waals surface area contributed by atoms with Gasteiger partial charge in [-0.3, -0.25) is 9.59 Å². The molecule has 0 heterocycles. The van der Waals surface area contributed by atoms with E-state index in [9.17, 15) is 9.59 Å². The second-order valence-corrected chi connectivity index (χ2v) is 4.84. The normalized spacial score (nSPS) is 9.64. The molecule has 22 heavy (non-hydrogen) atoms. The molecular formula is C16H12ClN3O2. The van der Waals surface area contributed by atoms with Gasteiger partial charge in [0.05, 0.1) is 17.8 Å². The average molecular weight is 314 g/mol. The standard InChI is InChI=1S/C16H12ClN3O2/c17-13-6-3-5-11(8-13)16(22)19-10-15(21)20-14-7-2-1-4-12(14)9-18/h1-8H,10H2,(H,19,22)(H,20,21). The molecular weight excluding hydrogens is 302 g/mol. The van der Waals surface area contributed by atoms with Crippen molar-refractivity contribution in [2.45, 2.75) is 0 Å². The number of benzene rings is 2. The minimum absolute atomic E-state index is 0.203. The lowest BCUT2D eigenvalue weighted by Gasteiger charge is -2.08. The van der Waals surface area contributed by atoms with E-state index < -0.39 is 11.8 Å². The van der Waals surface area contributed by atoms with Gasteiger partial charge in [-0.25, -0.2) is 0 Å². The number of nitrogens with one attached hydrogen (secondary N) is 2. The SMILES string of the molecule is N#Cc1ccccc1NC(=O)CNC(=O)c1cccc(Cl)c1. The first-order valence-electron chi connectivity index (χ1n) is 6.43. The second kappa shape index (κ2) is 7.25. The van der Waals surface area contributed by atoms with Gasteiger partial charge in [-0.05, 0) is 30.3 Å². The first-order chi connectivity index (χ1) is 10.6. The van der Waals surface area contributed by atoms with Crippen molar-refractivity contribution >= 4 is 29.1 Å². The second-order valence-electron chi connectivity index (χ2n) is 4.40. The molecule has 0 aliphatic rings. The Hall–Kier alpha value is -2.84. The average Bonchev–Trinajstić information content (AvgIpc) is 2.53. The van der Waals surface area contributed by atoms with E-state index in [-0.39, 0.29) is 6.54 Å². The first kappa shape index (κ1) is 15.5. The summed E-state index contributed by atoms with van der Waals surface area (Å²) in [5.41, 5.74) is 1.14. The third-order valence-electron chi connectivity index (χ3n) is 2.82. The summed E-state index contributed by atoms with van der Waals surface area (Å²) in [6.07, 6.45) is 0. The van der Waals surface area contributed by atoms with Gasteiger partial charge in [0.15, 0.2) is 0 Å². The number of rotatable bonds is 4. The summed E-state index contributed by atoms with van der Waals surface area (Å²) in [6.45, 7) is -0.203. The maximum Gasteiger partial charge on any atom is 0.251 e. The molecule has 5 nitrogen and oxygen atoms in total. The third-order valence-corrected chi connectivity index (χ3v) is 3.05. The van der Waals surface area contributed by atoms with Gasteiger partial charge in [-0.15, -0.1) is 0 Å². The molecule has 0 spiro atoms. The Kier molecular flexibility index (Phi) is 5.12. The number of carbonyl (C=O) groups excluding carboxylic acids is 2. The Morgan fingerprint density at radius 2 is 1.91 bits per heavy atom. The highest BCUT2D eigenvalue weighted by Crippen LogP contribution is 2.13. The van der Waals surface area contributed by atoms with Crippen LogP contribution < -0.4 is 10.6 Å². The zero-order valence-corrected chi connectivity index (χ0v) is 12.2. The lowest BCUT2D eigenvalue weighted by Crippen LogP contribution is -2.33. The van der Waals surface area contributed by atoms with Crippen molar-refractivity contribution in [3.8, 4) is 6.07 Å². The van der Waals surface area contributed by atoms with Crippen molar-refractivity contribution in [2.24, 2.45) is 0 Å². The minimum Gasteiger partial charge on any atom is -0.343 e. The van der Waals surface area contributed by atoms with Gasteiger partial charge in [0, 0.05) is 10.6 Å². The summed E-state index contributed by atoms with van der Waals surface area (Å²) >= 11 is 5.80. The Balaban J connectivity index is 1.93. The largest absolute Gasteiger partial charge is 0.343 e. The monoisotopic (exact) mass is 313 g/mol. The van der Waals surface area contributed by atoms with Crippen LogP contribution in [0, 0.1) is 11.3 Å². The molecule has 0 aromatic heterocycles. The molecule has 2 aromatic rings. The van der Waals surface area contributed by atoms with Gasteiger partial charge < -0.3 is 10.6 Å². The van der Waals surface area contributed by atoms with Crippen molar-refractivity contribution < 1.29 is 9.59 Å². The molecule has 2 aromatic carbocycles. The fourth-order valence-electron chi connectivity index (χ4n) is 1.78. The number of hydrogen-bond acceptors (Lipinski definition) is 3. The number of halogens is 1. The van der Waals surface area contributed by atoms with Crippen LogP contribution >= 0.6 is 11.6 Å². The topological polar surface area (TPSA) is 82.0 Å². The van der Waals surface area contributed by atoms with E-state index in [2.05, 4.69) is 10.6 Å². The van der Waals surface area contributed by atoms with Crippen LogP contribution in [-0.2, 0) is 4.79 Å². The molecule has 0 aliphatic carbocycles. The number of amides is 2. The highest BCUT2D eigenvalue weighted by atomic mass is 35.5. The van der Waals surface area contributed by atoms with E-state index in [0.717, 1.165) is 0 Å². The summed E-state index contributed by atoms with van der Waals surface area (Å²) in [5, 5.41) is 14.5. The van der Waals surface area contributed by atoms with Crippen LogP contribution in [0.4, 0.5) is 5.69 Å². The van der Waals surface area contributed by atoms with Gasteiger partial charge in [0.2, 0.25) is 5.91 Å². The predicted molar refractivity (Wildman–Crippen MR) is 83.6 cm³/mol. The summed E-state index contributed by atoms with van der Waals surface area (Å²) in [4.78, 5) is 23.7. The van der Waals surface area contributed by atoms with E-state index in [1.54, 1.807) is 42.5 Å². The van der Waals surface area contributed by atoms with Crippen LogP contribution in [0.2, 0.25) is 5.02 Å². The molecule has 0 aliphatic heterocycles. The highest BCUT2D eigenvalue weighted by molar-refractivity contribution is 6.31. The van der Waals surface area contributed by atoms with Gasteiger partial charge in [-0.1, -0.05) is 29.8 Å². The van der Waals surface area contributed by atoms with Crippen LogP contribution in [0.1, 0.15) is 15.9 Å². The molecule has 2 N–H and O–H groups in total. The van der Waals surface area contributed by atoms with Crippen LogP contribution in [0.3, 0.4) is 0 Å². The molecule has 0 unspecified atom stereocenters. The Labute approximate surface area is 132 Å². The first-order valence-corrected chi connectivity index (χ1v) is 6.80. The smallest absolute Gasteiger partial charge is 0.251 e. The number of carbonyl (C=O) groups is 2. The van der Waals surface area contributed by atoms with Gasteiger partial charge in [0.25, 0.3) is 5.91 Å². The summed E-state index contributed by atoms with van der Waals surface area (Å²) in [6, 6.07) is 15.0. The fourth-order valence-corrected chi connectivity index (χ4v) is 1.97. The summed E-state index contributed by atoms with van der Waals surface area (Å²) in [7, 11) is 0. The molecule has 6 heteroatoms. The Morgan fingerprint density at radius 1 is 1.14 bits per heavy atom. The number of nitriles is 1.